The average molecular weight is 370 g/mol. The third-order valence-electron chi connectivity index (χ3n) is 2.80. The number of nitrogens with one attached hydrogen (secondary N) is 1. The van der Waals surface area contributed by atoms with E-state index in [0.717, 1.165) is 5.56 Å². The monoisotopic (exact) mass is 368 g/mol. The Balaban J connectivity index is 2.12. The van der Waals surface area contributed by atoms with Crippen molar-refractivity contribution in [2.45, 2.75) is 6.54 Å². The summed E-state index contributed by atoms with van der Waals surface area (Å²) < 4.78 is 0.329. The lowest BCUT2D eigenvalue weighted by Crippen LogP contribution is -2.23. The van der Waals surface area contributed by atoms with Gasteiger partial charge < -0.3 is 5.32 Å². The summed E-state index contributed by atoms with van der Waals surface area (Å²) in [6.45, 7) is 0.252. The third-order valence-corrected chi connectivity index (χ3v) is 3.84. The van der Waals surface area contributed by atoms with E-state index in [1.54, 1.807) is 18.2 Å². The molecule has 0 spiro atoms. The van der Waals surface area contributed by atoms with Crippen LogP contribution in [0.3, 0.4) is 0 Å². The second kappa shape index (κ2) is 6.69. The highest BCUT2D eigenvalue weighted by Gasteiger charge is 2.15. The van der Waals surface area contributed by atoms with Crippen LogP contribution in [0.2, 0.25) is 5.02 Å². The molecular formula is C14H10BrClN2O3. The molecule has 0 aromatic heterocycles. The summed E-state index contributed by atoms with van der Waals surface area (Å²) in [5.74, 6) is -0.398. The van der Waals surface area contributed by atoms with Gasteiger partial charge in [-0.25, -0.2) is 0 Å². The number of amides is 1. The van der Waals surface area contributed by atoms with E-state index in [1.807, 2.05) is 6.07 Å². The molecule has 1 N–H and O–H groups in total. The number of rotatable bonds is 4. The zero-order valence-corrected chi connectivity index (χ0v) is 13.0. The van der Waals surface area contributed by atoms with Gasteiger partial charge in [-0.1, -0.05) is 29.8 Å². The van der Waals surface area contributed by atoms with Gasteiger partial charge in [0.1, 0.15) is 0 Å². The van der Waals surface area contributed by atoms with E-state index in [4.69, 9.17) is 11.6 Å². The van der Waals surface area contributed by atoms with Gasteiger partial charge in [-0.3, -0.25) is 14.9 Å². The smallest absolute Gasteiger partial charge is 0.284 e. The first-order valence-electron chi connectivity index (χ1n) is 5.94. The van der Waals surface area contributed by atoms with Crippen molar-refractivity contribution in [2.24, 2.45) is 0 Å². The Labute approximate surface area is 134 Å². The van der Waals surface area contributed by atoms with Crippen molar-refractivity contribution >= 4 is 39.1 Å². The molecule has 0 saturated heterocycles. The van der Waals surface area contributed by atoms with Gasteiger partial charge in [0, 0.05) is 23.2 Å². The van der Waals surface area contributed by atoms with Crippen LogP contribution in [0.4, 0.5) is 5.69 Å². The van der Waals surface area contributed by atoms with E-state index in [2.05, 4.69) is 21.2 Å². The second-order valence-corrected chi connectivity index (χ2v) is 5.46. The standard InChI is InChI=1S/C14H10BrClN2O3/c15-11-6-5-9(7-13(11)18(20)21)14(19)17-8-10-3-1-2-4-12(10)16/h1-7H,8H2,(H,17,19). The van der Waals surface area contributed by atoms with Crippen LogP contribution in [0.15, 0.2) is 46.9 Å². The van der Waals surface area contributed by atoms with Crippen LogP contribution in [0.1, 0.15) is 15.9 Å². The summed E-state index contributed by atoms with van der Waals surface area (Å²) in [7, 11) is 0. The maximum atomic E-state index is 12.0. The van der Waals surface area contributed by atoms with E-state index in [-0.39, 0.29) is 17.8 Å². The van der Waals surface area contributed by atoms with Crippen LogP contribution in [0.5, 0.6) is 0 Å². The van der Waals surface area contributed by atoms with E-state index in [1.165, 1.54) is 18.2 Å². The summed E-state index contributed by atoms with van der Waals surface area (Å²) in [5, 5.41) is 14.1. The maximum absolute atomic E-state index is 12.0. The average Bonchev–Trinajstić information content (AvgIpc) is 2.46. The molecule has 0 atom stereocenters. The Hall–Kier alpha value is -1.92. The molecule has 1 amide bonds. The number of nitrogens with zero attached hydrogens (tertiary/aromatic N) is 1. The molecule has 0 heterocycles. The lowest BCUT2D eigenvalue weighted by molar-refractivity contribution is -0.385. The van der Waals surface area contributed by atoms with Crippen molar-refractivity contribution in [1.29, 1.82) is 0 Å². The Morgan fingerprint density at radius 1 is 1.29 bits per heavy atom. The minimum absolute atomic E-state index is 0.152. The van der Waals surface area contributed by atoms with Crippen molar-refractivity contribution in [2.75, 3.05) is 0 Å². The van der Waals surface area contributed by atoms with Crippen molar-refractivity contribution in [3.63, 3.8) is 0 Å². The van der Waals surface area contributed by atoms with Crippen LogP contribution < -0.4 is 5.32 Å². The molecule has 2 aromatic rings. The Kier molecular flexibility index (Phi) is 4.93. The maximum Gasteiger partial charge on any atom is 0.284 e. The molecule has 0 bridgehead atoms. The summed E-state index contributed by atoms with van der Waals surface area (Å²) in [5.41, 5.74) is 0.844. The molecular weight excluding hydrogens is 360 g/mol. The van der Waals surface area contributed by atoms with Gasteiger partial charge in [0.05, 0.1) is 9.40 Å². The fourth-order valence-corrected chi connectivity index (χ4v) is 2.31. The number of benzene rings is 2. The van der Waals surface area contributed by atoms with Crippen LogP contribution in [0, 0.1) is 10.1 Å². The second-order valence-electron chi connectivity index (χ2n) is 4.20. The molecule has 0 saturated carbocycles. The fourth-order valence-electron chi connectivity index (χ4n) is 1.71. The normalized spacial score (nSPS) is 10.2. The highest BCUT2D eigenvalue weighted by molar-refractivity contribution is 9.10. The highest BCUT2D eigenvalue weighted by Crippen LogP contribution is 2.25. The van der Waals surface area contributed by atoms with Crippen LogP contribution in [-0.4, -0.2) is 10.8 Å². The zero-order chi connectivity index (χ0) is 15.4. The molecule has 7 heteroatoms. The van der Waals surface area contributed by atoms with E-state index < -0.39 is 10.8 Å². The predicted octanol–water partition coefficient (Wildman–Crippen LogP) is 3.94. The Bertz CT molecular complexity index is 706. The first kappa shape index (κ1) is 15.5. The van der Waals surface area contributed by atoms with Gasteiger partial charge >= 0.3 is 0 Å². The summed E-state index contributed by atoms with van der Waals surface area (Å²) in [6, 6.07) is 11.4. The molecule has 0 aliphatic carbocycles. The van der Waals surface area contributed by atoms with Crippen molar-refractivity contribution in [3.8, 4) is 0 Å². The number of carbonyl (C=O) groups is 1. The SMILES string of the molecule is O=C(NCc1ccccc1Cl)c1ccc(Br)c([N+](=O)[O-])c1. The summed E-state index contributed by atoms with van der Waals surface area (Å²) in [4.78, 5) is 22.3. The lowest BCUT2D eigenvalue weighted by Gasteiger charge is -2.07. The first-order valence-corrected chi connectivity index (χ1v) is 7.11. The third kappa shape index (κ3) is 3.80. The summed E-state index contributed by atoms with van der Waals surface area (Å²) in [6.07, 6.45) is 0. The number of hydrogen-bond donors (Lipinski definition) is 1. The fraction of sp³-hybridized carbons (Fsp3) is 0.0714. The van der Waals surface area contributed by atoms with Gasteiger partial charge in [0.15, 0.2) is 0 Å². The van der Waals surface area contributed by atoms with E-state index in [9.17, 15) is 14.9 Å². The number of halogens is 2. The van der Waals surface area contributed by atoms with Gasteiger partial charge in [0.25, 0.3) is 11.6 Å². The van der Waals surface area contributed by atoms with Crippen LogP contribution >= 0.6 is 27.5 Å². The van der Waals surface area contributed by atoms with Gasteiger partial charge in [-0.15, -0.1) is 0 Å². The van der Waals surface area contributed by atoms with Crippen molar-refractivity contribution in [3.05, 3.63) is 73.2 Å². The van der Waals surface area contributed by atoms with Crippen molar-refractivity contribution < 1.29 is 9.72 Å². The molecule has 5 nitrogen and oxygen atoms in total. The Morgan fingerprint density at radius 2 is 2.00 bits per heavy atom. The van der Waals surface area contributed by atoms with Crippen LogP contribution in [-0.2, 0) is 6.54 Å². The molecule has 2 aromatic carbocycles. The predicted molar refractivity (Wildman–Crippen MR) is 83.4 cm³/mol. The van der Waals surface area contributed by atoms with Gasteiger partial charge in [-0.2, -0.15) is 0 Å². The highest BCUT2D eigenvalue weighted by atomic mass is 79.9. The minimum atomic E-state index is -0.547. The molecule has 0 aliphatic rings. The zero-order valence-electron chi connectivity index (χ0n) is 10.7. The number of hydrogen-bond acceptors (Lipinski definition) is 3. The van der Waals surface area contributed by atoms with Gasteiger partial charge in [-0.05, 0) is 39.7 Å². The number of nitro groups is 1. The molecule has 0 fully saturated rings. The van der Waals surface area contributed by atoms with Crippen LogP contribution in [0.25, 0.3) is 0 Å². The van der Waals surface area contributed by atoms with Crippen molar-refractivity contribution in [1.82, 2.24) is 5.32 Å². The lowest BCUT2D eigenvalue weighted by atomic mass is 10.1. The summed E-state index contributed by atoms with van der Waals surface area (Å²) >= 11 is 9.07. The molecule has 21 heavy (non-hydrogen) atoms. The van der Waals surface area contributed by atoms with Gasteiger partial charge in [0.2, 0.25) is 0 Å². The molecule has 0 radical (unpaired) electrons. The first-order chi connectivity index (χ1) is 9.99. The van der Waals surface area contributed by atoms with E-state index >= 15 is 0 Å². The quantitative estimate of drug-likeness (QED) is 0.655. The molecule has 2 rings (SSSR count). The Morgan fingerprint density at radius 3 is 2.67 bits per heavy atom. The molecule has 0 unspecified atom stereocenters. The van der Waals surface area contributed by atoms with E-state index in [0.29, 0.717) is 9.50 Å². The number of nitro benzene ring substituents is 1. The number of carbonyl (C=O) groups excluding carboxylic acids is 1. The minimum Gasteiger partial charge on any atom is -0.348 e. The topological polar surface area (TPSA) is 72.2 Å². The molecule has 108 valence electrons. The largest absolute Gasteiger partial charge is 0.348 e. The molecule has 0 aliphatic heterocycles.